The molecular formula is C40H54N6O10S. The smallest absolute Gasteiger partial charge is 0.408 e. The highest BCUT2D eigenvalue weighted by molar-refractivity contribution is 7.91. The number of aromatic nitrogens is 1. The van der Waals surface area contributed by atoms with E-state index in [0.717, 1.165) is 18.2 Å². The number of benzene rings is 1. The molecule has 0 bridgehead atoms. The van der Waals surface area contributed by atoms with E-state index in [9.17, 15) is 27.6 Å². The number of allylic oxidation sites excluding steroid dienone is 1. The number of hydrogen-bond donors (Lipinski definition) is 3. The number of methoxy groups -OCH3 is 1. The van der Waals surface area contributed by atoms with Crippen LogP contribution in [-0.4, -0.2) is 117 Å². The highest BCUT2D eigenvalue weighted by atomic mass is 32.2. The second kappa shape index (κ2) is 16.3. The van der Waals surface area contributed by atoms with Crippen molar-refractivity contribution in [3.63, 3.8) is 0 Å². The minimum atomic E-state index is -3.90. The molecule has 4 fully saturated rings. The third-order valence-corrected chi connectivity index (χ3v) is 13.0. The Balaban J connectivity index is 1.21. The SMILES string of the molecule is COc1ccc2c(OC3C[C@H]4C(=O)N[C@]5(C(=O)NS(=O)(=O)C6CC6)C[C@H]5/C=C\CCCCC[C@H](NC(=O)OC(C)(C)C)C(=O)N4C3)nc(N3CCOCC3)cc2c1. The average Bonchev–Trinajstić information content (AvgIpc) is 4.09. The summed E-state index contributed by atoms with van der Waals surface area (Å²) in [4.78, 5) is 64.5. The van der Waals surface area contributed by atoms with Gasteiger partial charge in [-0.1, -0.05) is 25.0 Å². The van der Waals surface area contributed by atoms with Crippen LogP contribution in [0.2, 0.25) is 0 Å². The molecule has 5 atom stereocenters. The van der Waals surface area contributed by atoms with Gasteiger partial charge in [-0.15, -0.1) is 0 Å². The highest BCUT2D eigenvalue weighted by Crippen LogP contribution is 2.46. The van der Waals surface area contributed by atoms with Crippen molar-refractivity contribution in [2.45, 2.75) is 113 Å². The summed E-state index contributed by atoms with van der Waals surface area (Å²) in [7, 11) is -2.31. The number of fused-ring (bicyclic) bond motifs is 3. The number of hydrogen-bond acceptors (Lipinski definition) is 12. The van der Waals surface area contributed by atoms with Crippen LogP contribution in [0.3, 0.4) is 0 Å². The molecule has 0 radical (unpaired) electrons. The van der Waals surface area contributed by atoms with Crippen molar-refractivity contribution in [2.75, 3.05) is 44.9 Å². The van der Waals surface area contributed by atoms with Crippen LogP contribution in [0.15, 0.2) is 36.4 Å². The van der Waals surface area contributed by atoms with Gasteiger partial charge >= 0.3 is 6.09 Å². The summed E-state index contributed by atoms with van der Waals surface area (Å²) in [5, 5.41) is 6.56. The van der Waals surface area contributed by atoms with E-state index in [-0.39, 0.29) is 19.4 Å². The van der Waals surface area contributed by atoms with Crippen LogP contribution in [0.25, 0.3) is 10.8 Å². The summed E-state index contributed by atoms with van der Waals surface area (Å²) in [5.41, 5.74) is -2.33. The molecule has 1 unspecified atom stereocenters. The Kier molecular flexibility index (Phi) is 11.6. The van der Waals surface area contributed by atoms with E-state index in [1.54, 1.807) is 27.9 Å². The molecule has 0 spiro atoms. The van der Waals surface area contributed by atoms with Gasteiger partial charge in [-0.3, -0.25) is 19.1 Å². The van der Waals surface area contributed by atoms with Gasteiger partial charge in [0.25, 0.3) is 5.91 Å². The van der Waals surface area contributed by atoms with Crippen LogP contribution >= 0.6 is 0 Å². The first kappa shape index (κ1) is 40.6. The van der Waals surface area contributed by atoms with Crippen molar-refractivity contribution in [3.8, 4) is 11.6 Å². The molecule has 2 saturated heterocycles. The number of sulfonamides is 1. The van der Waals surface area contributed by atoms with Gasteiger partial charge in [-0.2, -0.15) is 4.98 Å². The van der Waals surface area contributed by atoms with Gasteiger partial charge in [-0.25, -0.2) is 13.2 Å². The highest BCUT2D eigenvalue weighted by Gasteiger charge is 2.62. The summed E-state index contributed by atoms with van der Waals surface area (Å²) in [6.45, 7) is 7.54. The maximum Gasteiger partial charge on any atom is 0.408 e. The zero-order chi connectivity index (χ0) is 40.5. The van der Waals surface area contributed by atoms with Crippen molar-refractivity contribution < 1.29 is 46.5 Å². The Morgan fingerprint density at radius 2 is 1.82 bits per heavy atom. The fraction of sp³-hybridized carbons (Fsp3) is 0.625. The zero-order valence-electron chi connectivity index (χ0n) is 33.1. The lowest BCUT2D eigenvalue weighted by Gasteiger charge is -2.30. The van der Waals surface area contributed by atoms with E-state index in [0.29, 0.717) is 81.2 Å². The third-order valence-electron chi connectivity index (χ3n) is 11.1. The largest absolute Gasteiger partial charge is 0.497 e. The Bertz CT molecular complexity index is 2010. The summed E-state index contributed by atoms with van der Waals surface area (Å²) in [5.74, 6) is -0.696. The number of nitrogens with zero attached hydrogens (tertiary/aromatic N) is 3. The van der Waals surface area contributed by atoms with Crippen LogP contribution in [0, 0.1) is 5.92 Å². The first-order valence-electron chi connectivity index (χ1n) is 20.0. The predicted molar refractivity (Wildman–Crippen MR) is 210 cm³/mol. The van der Waals surface area contributed by atoms with Gasteiger partial charge in [0.2, 0.25) is 27.7 Å². The average molecular weight is 811 g/mol. The van der Waals surface area contributed by atoms with Gasteiger partial charge in [0.1, 0.15) is 40.9 Å². The summed E-state index contributed by atoms with van der Waals surface area (Å²) in [6, 6.07) is 5.38. The second-order valence-electron chi connectivity index (χ2n) is 16.7. The van der Waals surface area contributed by atoms with Gasteiger partial charge in [0.15, 0.2) is 0 Å². The molecule has 2 aromatic rings. The standard InChI is InChI=1S/C40H54N6O10S/c1-39(2,3)56-38(50)41-31-11-9-7-5-6-8-10-26-23-40(26,37(49)44-57(51,52)29-13-14-29)43-34(47)32-22-28(24-46(32)36(31)48)55-35-30-15-12-27(53-4)20-25(30)21-33(42-35)45-16-18-54-19-17-45/h8,10,12,15,20-21,26,28-29,31-32H,5-7,9,11,13-14,16-19,22-24H2,1-4H3,(H,41,50)(H,43,47)(H,44,49)/b10-8-/t26-,28?,31+,32+,40-/m1/s1. The number of rotatable bonds is 8. The molecule has 2 saturated carbocycles. The molecule has 2 aliphatic carbocycles. The van der Waals surface area contributed by atoms with Crippen LogP contribution < -0.4 is 29.7 Å². The van der Waals surface area contributed by atoms with Crippen LogP contribution in [0.1, 0.15) is 78.6 Å². The Morgan fingerprint density at radius 1 is 1.05 bits per heavy atom. The van der Waals surface area contributed by atoms with E-state index >= 15 is 0 Å². The Morgan fingerprint density at radius 3 is 2.54 bits per heavy atom. The minimum Gasteiger partial charge on any atom is -0.497 e. The van der Waals surface area contributed by atoms with Gasteiger partial charge in [-0.05, 0) is 88.9 Å². The molecule has 310 valence electrons. The molecule has 17 heteroatoms. The molecule has 3 N–H and O–H groups in total. The molecule has 5 aliphatic rings. The molecule has 1 aromatic heterocycles. The maximum atomic E-state index is 14.6. The lowest BCUT2D eigenvalue weighted by atomic mass is 10.0. The number of ether oxygens (including phenoxy) is 4. The molecular weight excluding hydrogens is 757 g/mol. The van der Waals surface area contributed by atoms with Gasteiger partial charge in [0, 0.05) is 30.8 Å². The van der Waals surface area contributed by atoms with Crippen molar-refractivity contribution >= 4 is 50.4 Å². The topological polar surface area (TPSA) is 195 Å². The van der Waals surface area contributed by atoms with E-state index in [2.05, 4.69) is 20.3 Å². The number of amides is 4. The molecule has 4 heterocycles. The summed E-state index contributed by atoms with van der Waals surface area (Å²) in [6.07, 6.45) is 6.69. The number of alkyl carbamates (subject to hydrolysis) is 1. The summed E-state index contributed by atoms with van der Waals surface area (Å²) >= 11 is 0. The Hall–Kier alpha value is -4.64. The van der Waals surface area contributed by atoms with Crippen LogP contribution in [0.5, 0.6) is 11.6 Å². The quantitative estimate of drug-likeness (QED) is 0.330. The van der Waals surface area contributed by atoms with E-state index in [1.165, 1.54) is 4.90 Å². The van der Waals surface area contributed by atoms with Crippen LogP contribution in [-0.2, 0) is 33.9 Å². The molecule has 57 heavy (non-hydrogen) atoms. The normalized spacial score (nSPS) is 27.9. The number of morpholine rings is 1. The van der Waals surface area contributed by atoms with Crippen molar-refractivity contribution in [1.82, 2.24) is 25.2 Å². The van der Waals surface area contributed by atoms with E-state index < -0.39 is 74.3 Å². The first-order valence-corrected chi connectivity index (χ1v) is 21.5. The Labute approximate surface area is 333 Å². The molecule has 4 amide bonds. The maximum absolute atomic E-state index is 14.6. The van der Waals surface area contributed by atoms with Gasteiger partial charge in [0.05, 0.1) is 32.1 Å². The molecule has 3 aliphatic heterocycles. The fourth-order valence-corrected chi connectivity index (χ4v) is 9.18. The first-order chi connectivity index (χ1) is 27.2. The zero-order valence-corrected chi connectivity index (χ0v) is 33.9. The van der Waals surface area contributed by atoms with E-state index in [1.807, 2.05) is 36.4 Å². The number of pyridine rings is 1. The monoisotopic (exact) mass is 810 g/mol. The number of carbonyl (C=O) groups excluding carboxylic acids is 4. The summed E-state index contributed by atoms with van der Waals surface area (Å²) < 4.78 is 51.3. The minimum absolute atomic E-state index is 0.0247. The van der Waals surface area contributed by atoms with Gasteiger partial charge < -0.3 is 39.4 Å². The molecule has 1 aromatic carbocycles. The van der Waals surface area contributed by atoms with Crippen LogP contribution in [0.4, 0.5) is 10.6 Å². The fourth-order valence-electron chi connectivity index (χ4n) is 7.82. The third kappa shape index (κ3) is 9.40. The lowest BCUT2D eigenvalue weighted by molar-refractivity contribution is -0.141. The van der Waals surface area contributed by atoms with Crippen molar-refractivity contribution in [1.29, 1.82) is 0 Å². The second-order valence-corrected chi connectivity index (χ2v) is 18.6. The molecule has 7 rings (SSSR count). The number of anilines is 1. The van der Waals surface area contributed by atoms with Crippen molar-refractivity contribution in [2.24, 2.45) is 5.92 Å². The molecule has 16 nitrogen and oxygen atoms in total. The number of nitrogens with one attached hydrogen (secondary N) is 3. The number of carbonyl (C=O) groups is 4. The predicted octanol–water partition coefficient (Wildman–Crippen LogP) is 3.33. The lowest BCUT2D eigenvalue weighted by Crippen LogP contribution is -2.58. The van der Waals surface area contributed by atoms with E-state index in [4.69, 9.17) is 23.9 Å². The van der Waals surface area contributed by atoms with Crippen molar-refractivity contribution in [3.05, 3.63) is 36.4 Å².